The third kappa shape index (κ3) is 2.98. The van der Waals surface area contributed by atoms with E-state index < -0.39 is 23.6 Å². The largest absolute Gasteiger partial charge is 0.416 e. The molecule has 1 saturated carbocycles. The fourth-order valence-electron chi connectivity index (χ4n) is 4.34. The SMILES string of the molecule is CNc1nc(C2C(=O)Nc3ccc(C(F)(F)F)cc32)c2cn(C3CCCC3)nc2n1. The van der Waals surface area contributed by atoms with Crippen molar-refractivity contribution < 1.29 is 18.0 Å². The molecule has 1 aromatic carbocycles. The lowest BCUT2D eigenvalue weighted by Crippen LogP contribution is -2.16. The van der Waals surface area contributed by atoms with Gasteiger partial charge in [-0.05, 0) is 36.6 Å². The number of nitrogens with one attached hydrogen (secondary N) is 2. The van der Waals surface area contributed by atoms with E-state index in [2.05, 4.69) is 25.7 Å². The van der Waals surface area contributed by atoms with Gasteiger partial charge in [0.25, 0.3) is 0 Å². The number of aromatic nitrogens is 4. The van der Waals surface area contributed by atoms with Crippen molar-refractivity contribution in [1.82, 2.24) is 19.7 Å². The molecule has 0 bridgehead atoms. The smallest absolute Gasteiger partial charge is 0.357 e. The van der Waals surface area contributed by atoms with E-state index in [0.29, 0.717) is 22.4 Å². The summed E-state index contributed by atoms with van der Waals surface area (Å²) in [6.07, 6.45) is 1.59. The molecule has 2 aliphatic rings. The van der Waals surface area contributed by atoms with Crippen LogP contribution in [0, 0.1) is 0 Å². The minimum Gasteiger partial charge on any atom is -0.357 e. The number of amides is 1. The number of halogens is 3. The fraction of sp³-hybridized carbons (Fsp3) is 0.400. The zero-order chi connectivity index (χ0) is 21.0. The topological polar surface area (TPSA) is 84.7 Å². The average Bonchev–Trinajstić information content (AvgIpc) is 3.43. The summed E-state index contributed by atoms with van der Waals surface area (Å²) in [4.78, 5) is 21.7. The number of hydrogen-bond donors (Lipinski definition) is 2. The number of carbonyl (C=O) groups is 1. The highest BCUT2D eigenvalue weighted by molar-refractivity contribution is 6.06. The maximum Gasteiger partial charge on any atom is 0.416 e. The van der Waals surface area contributed by atoms with Gasteiger partial charge in [0.1, 0.15) is 5.92 Å². The van der Waals surface area contributed by atoms with E-state index >= 15 is 0 Å². The van der Waals surface area contributed by atoms with Gasteiger partial charge in [-0.15, -0.1) is 0 Å². The molecule has 0 saturated heterocycles. The second-order valence-corrected chi connectivity index (χ2v) is 7.69. The van der Waals surface area contributed by atoms with Crippen LogP contribution in [0.25, 0.3) is 11.0 Å². The van der Waals surface area contributed by atoms with E-state index in [0.717, 1.165) is 37.8 Å². The normalized spacial score (nSPS) is 19.3. The van der Waals surface area contributed by atoms with Crippen molar-refractivity contribution >= 4 is 28.6 Å². The van der Waals surface area contributed by atoms with Gasteiger partial charge >= 0.3 is 6.18 Å². The van der Waals surface area contributed by atoms with Crippen LogP contribution in [0.1, 0.15) is 54.5 Å². The number of fused-ring (bicyclic) bond motifs is 2. The Balaban J connectivity index is 1.68. The Morgan fingerprint density at radius 2 is 1.97 bits per heavy atom. The van der Waals surface area contributed by atoms with Gasteiger partial charge in [-0.3, -0.25) is 9.48 Å². The highest BCUT2D eigenvalue weighted by Gasteiger charge is 2.39. The van der Waals surface area contributed by atoms with Gasteiger partial charge in [-0.2, -0.15) is 23.3 Å². The number of hydrogen-bond acceptors (Lipinski definition) is 5. The van der Waals surface area contributed by atoms with Gasteiger partial charge in [0.15, 0.2) is 5.65 Å². The molecule has 1 atom stereocenters. The van der Waals surface area contributed by atoms with E-state index in [-0.39, 0.29) is 17.6 Å². The van der Waals surface area contributed by atoms with Gasteiger partial charge in [0, 0.05) is 18.9 Å². The number of nitrogens with zero attached hydrogens (tertiary/aromatic N) is 4. The predicted octanol–water partition coefficient (Wildman–Crippen LogP) is 4.09. The molecule has 30 heavy (non-hydrogen) atoms. The Kier molecular flexibility index (Phi) is 4.19. The van der Waals surface area contributed by atoms with Crippen LogP contribution in [0.3, 0.4) is 0 Å². The van der Waals surface area contributed by atoms with Crippen LogP contribution in [0.2, 0.25) is 0 Å². The second-order valence-electron chi connectivity index (χ2n) is 7.69. The summed E-state index contributed by atoms with van der Waals surface area (Å²) >= 11 is 0. The maximum atomic E-state index is 13.3. The monoisotopic (exact) mass is 416 g/mol. The summed E-state index contributed by atoms with van der Waals surface area (Å²) < 4.78 is 41.7. The molecule has 1 fully saturated rings. The molecule has 1 aliphatic carbocycles. The van der Waals surface area contributed by atoms with E-state index in [1.807, 2.05) is 10.9 Å². The number of carbonyl (C=O) groups excluding carboxylic acids is 1. The molecule has 2 N–H and O–H groups in total. The summed E-state index contributed by atoms with van der Waals surface area (Å²) in [6.45, 7) is 0. The first-order valence-corrected chi connectivity index (χ1v) is 9.81. The average molecular weight is 416 g/mol. The molecule has 2 aromatic heterocycles. The second kappa shape index (κ2) is 6.68. The van der Waals surface area contributed by atoms with Crippen molar-refractivity contribution in [3.8, 4) is 0 Å². The van der Waals surface area contributed by atoms with E-state index in [1.165, 1.54) is 6.07 Å². The number of alkyl halides is 3. The molecular formula is C20H19F3N6O. The first-order chi connectivity index (χ1) is 14.3. The van der Waals surface area contributed by atoms with Crippen LogP contribution in [0.15, 0.2) is 24.4 Å². The van der Waals surface area contributed by atoms with Gasteiger partial charge in [0.05, 0.1) is 22.7 Å². The van der Waals surface area contributed by atoms with Crippen LogP contribution < -0.4 is 10.6 Å². The Bertz CT molecular complexity index is 1150. The first kappa shape index (κ1) is 18.8. The molecule has 156 valence electrons. The van der Waals surface area contributed by atoms with E-state index in [1.54, 1.807) is 7.05 Å². The number of anilines is 2. The summed E-state index contributed by atoms with van der Waals surface area (Å²) in [6, 6.07) is 3.53. The molecule has 0 spiro atoms. The standard InChI is InChI=1S/C20H19F3N6O/c1-24-19-26-16(13-9-29(28-17(13)27-19)11-4-2-3-5-11)15-12-8-10(20(21,22)23)6-7-14(12)25-18(15)30/h6-9,11,15H,2-5H2,1H3,(H,25,30)(H,24,27,28). The van der Waals surface area contributed by atoms with Crippen molar-refractivity contribution in [2.24, 2.45) is 0 Å². The number of rotatable bonds is 3. The lowest BCUT2D eigenvalue weighted by atomic mass is 9.94. The van der Waals surface area contributed by atoms with Gasteiger partial charge < -0.3 is 10.6 Å². The van der Waals surface area contributed by atoms with Gasteiger partial charge in [-0.1, -0.05) is 12.8 Å². The molecule has 1 unspecified atom stereocenters. The molecular weight excluding hydrogens is 397 g/mol. The van der Waals surface area contributed by atoms with Gasteiger partial charge in [-0.25, -0.2) is 4.98 Å². The van der Waals surface area contributed by atoms with Crippen LogP contribution in [-0.2, 0) is 11.0 Å². The molecule has 1 aliphatic heterocycles. The Hall–Kier alpha value is -3.17. The lowest BCUT2D eigenvalue weighted by molar-refractivity contribution is -0.137. The highest BCUT2D eigenvalue weighted by atomic mass is 19.4. The van der Waals surface area contributed by atoms with Crippen LogP contribution in [-0.4, -0.2) is 32.7 Å². The lowest BCUT2D eigenvalue weighted by Gasteiger charge is -2.13. The Morgan fingerprint density at radius 3 is 2.67 bits per heavy atom. The van der Waals surface area contributed by atoms with Crippen LogP contribution in [0.5, 0.6) is 0 Å². The van der Waals surface area contributed by atoms with Crippen LogP contribution >= 0.6 is 0 Å². The molecule has 10 heteroatoms. The van der Waals surface area contributed by atoms with Crippen molar-refractivity contribution in [3.63, 3.8) is 0 Å². The summed E-state index contributed by atoms with van der Waals surface area (Å²) in [7, 11) is 1.64. The highest BCUT2D eigenvalue weighted by Crippen LogP contribution is 2.42. The van der Waals surface area contributed by atoms with Crippen LogP contribution in [0.4, 0.5) is 24.8 Å². The van der Waals surface area contributed by atoms with Crippen molar-refractivity contribution in [1.29, 1.82) is 0 Å². The van der Waals surface area contributed by atoms with E-state index in [4.69, 9.17) is 0 Å². The molecule has 0 radical (unpaired) electrons. The zero-order valence-electron chi connectivity index (χ0n) is 16.1. The fourth-order valence-corrected chi connectivity index (χ4v) is 4.34. The third-order valence-corrected chi connectivity index (χ3v) is 5.83. The van der Waals surface area contributed by atoms with Gasteiger partial charge in [0.2, 0.25) is 11.9 Å². The minimum atomic E-state index is -4.50. The minimum absolute atomic E-state index is 0.255. The summed E-state index contributed by atoms with van der Waals surface area (Å²) in [5.74, 6) is -1.12. The summed E-state index contributed by atoms with van der Waals surface area (Å²) in [5, 5.41) is 10.7. The summed E-state index contributed by atoms with van der Waals surface area (Å²) in [5.41, 5.74) is 0.585. The number of benzene rings is 1. The maximum absolute atomic E-state index is 13.3. The molecule has 7 nitrogen and oxygen atoms in total. The zero-order valence-corrected chi connectivity index (χ0v) is 16.1. The Morgan fingerprint density at radius 1 is 1.20 bits per heavy atom. The quantitative estimate of drug-likeness (QED) is 0.672. The molecule has 1 amide bonds. The van der Waals surface area contributed by atoms with Crippen molar-refractivity contribution in [3.05, 3.63) is 41.2 Å². The molecule has 3 aromatic rings. The predicted molar refractivity (Wildman–Crippen MR) is 104 cm³/mol. The molecule has 5 rings (SSSR count). The first-order valence-electron chi connectivity index (χ1n) is 9.81. The van der Waals surface area contributed by atoms with Crippen molar-refractivity contribution in [2.45, 2.75) is 43.8 Å². The third-order valence-electron chi connectivity index (χ3n) is 5.83. The Labute approximate surface area is 169 Å². The molecule has 3 heterocycles. The van der Waals surface area contributed by atoms with Crippen molar-refractivity contribution in [2.75, 3.05) is 17.7 Å². The van der Waals surface area contributed by atoms with E-state index in [9.17, 15) is 18.0 Å².